The van der Waals surface area contributed by atoms with Crippen molar-refractivity contribution in [3.8, 4) is 6.07 Å². The molecule has 1 N–H and O–H groups in total. The number of thioether (sulfide) groups is 1. The van der Waals surface area contributed by atoms with E-state index in [-0.39, 0.29) is 22.3 Å². The second-order valence-corrected chi connectivity index (χ2v) is 8.70. The molecule has 2 amide bonds. The predicted octanol–water partition coefficient (Wildman–Crippen LogP) is 5.20. The molecule has 3 aromatic carbocycles. The van der Waals surface area contributed by atoms with E-state index in [4.69, 9.17) is 0 Å². The van der Waals surface area contributed by atoms with Crippen LogP contribution in [-0.4, -0.2) is 17.1 Å². The number of nitrogens with one attached hydrogen (secondary N) is 1. The van der Waals surface area contributed by atoms with Crippen LogP contribution in [-0.2, 0) is 16.0 Å². The van der Waals surface area contributed by atoms with E-state index in [1.165, 1.54) is 28.8 Å². The first-order valence-corrected chi connectivity index (χ1v) is 11.2. The molecule has 5 nitrogen and oxygen atoms in total. The Morgan fingerprint density at radius 3 is 2.39 bits per heavy atom. The van der Waals surface area contributed by atoms with Crippen molar-refractivity contribution in [1.29, 1.82) is 5.26 Å². The summed E-state index contributed by atoms with van der Waals surface area (Å²) in [7, 11) is 0. The first-order chi connectivity index (χ1) is 16.0. The lowest BCUT2D eigenvalue weighted by molar-refractivity contribution is -0.117. The molecule has 0 radical (unpaired) electrons. The monoisotopic (exact) mass is 457 g/mol. The first kappa shape index (κ1) is 22.3. The molecule has 4 rings (SSSR count). The van der Waals surface area contributed by atoms with Gasteiger partial charge in [0.05, 0.1) is 5.25 Å². The molecule has 1 saturated heterocycles. The molecular formula is C26H20FN3O2S. The van der Waals surface area contributed by atoms with Crippen molar-refractivity contribution in [1.82, 2.24) is 0 Å². The van der Waals surface area contributed by atoms with Gasteiger partial charge in [0.15, 0.2) is 0 Å². The number of rotatable bonds is 5. The molecule has 0 aliphatic carbocycles. The van der Waals surface area contributed by atoms with Gasteiger partial charge in [-0.15, -0.1) is 0 Å². The van der Waals surface area contributed by atoms with Gasteiger partial charge in [-0.05, 0) is 54.8 Å². The Morgan fingerprint density at radius 1 is 1.06 bits per heavy atom. The van der Waals surface area contributed by atoms with Gasteiger partial charge in [0, 0.05) is 11.4 Å². The summed E-state index contributed by atoms with van der Waals surface area (Å²) in [6, 6.07) is 24.2. The third-order valence-electron chi connectivity index (χ3n) is 5.25. The van der Waals surface area contributed by atoms with E-state index in [2.05, 4.69) is 5.32 Å². The molecule has 0 unspecified atom stereocenters. The van der Waals surface area contributed by atoms with Gasteiger partial charge in [-0.1, -0.05) is 60.3 Å². The molecule has 0 spiro atoms. The number of anilines is 2. The lowest BCUT2D eigenvalue weighted by Crippen LogP contribution is -2.30. The Morgan fingerprint density at radius 2 is 1.73 bits per heavy atom. The summed E-state index contributed by atoms with van der Waals surface area (Å²) in [5.41, 5.74) is 2.68. The number of carbonyl (C=O) groups is 2. The zero-order valence-corrected chi connectivity index (χ0v) is 18.6. The number of amides is 2. The van der Waals surface area contributed by atoms with Crippen LogP contribution in [0.2, 0.25) is 0 Å². The summed E-state index contributed by atoms with van der Waals surface area (Å²) in [6.45, 7) is 1.86. The Bertz CT molecular complexity index is 1270. The normalized spacial score (nSPS) is 16.9. The van der Waals surface area contributed by atoms with E-state index >= 15 is 0 Å². The second kappa shape index (κ2) is 9.72. The van der Waals surface area contributed by atoms with Gasteiger partial charge in [-0.2, -0.15) is 5.26 Å². The number of benzene rings is 3. The maximum absolute atomic E-state index is 13.4. The van der Waals surface area contributed by atoms with Crippen LogP contribution in [0.4, 0.5) is 15.8 Å². The number of hydrogen-bond donors (Lipinski definition) is 1. The van der Waals surface area contributed by atoms with Crippen LogP contribution in [0.5, 0.6) is 0 Å². The maximum Gasteiger partial charge on any atom is 0.269 e. The third-order valence-corrected chi connectivity index (χ3v) is 6.51. The standard InChI is InChI=1S/C26H20FN3O2S/c1-17-7-5-6-10-22(17)29-24(31)21(16-28)26-30(20-8-3-2-4-9-20)25(32)23(33-26)15-18-11-13-19(27)14-12-18/h2-14,23H,15H2,1H3,(H,29,31)/b26-21-/t23-/m0/s1. The fourth-order valence-corrected chi connectivity index (χ4v) is 4.84. The number of hydrogen-bond acceptors (Lipinski definition) is 4. The fourth-order valence-electron chi connectivity index (χ4n) is 3.53. The summed E-state index contributed by atoms with van der Waals surface area (Å²) in [4.78, 5) is 27.9. The largest absolute Gasteiger partial charge is 0.321 e. The van der Waals surface area contributed by atoms with Crippen molar-refractivity contribution in [2.45, 2.75) is 18.6 Å². The molecule has 1 aliphatic heterocycles. The van der Waals surface area contributed by atoms with Crippen molar-refractivity contribution in [3.63, 3.8) is 0 Å². The van der Waals surface area contributed by atoms with Crippen LogP contribution in [0.1, 0.15) is 11.1 Å². The molecule has 1 heterocycles. The highest BCUT2D eigenvalue weighted by Gasteiger charge is 2.40. The fraction of sp³-hybridized carbons (Fsp3) is 0.115. The van der Waals surface area contributed by atoms with Gasteiger partial charge in [-0.25, -0.2) is 4.39 Å². The van der Waals surface area contributed by atoms with Gasteiger partial charge in [0.1, 0.15) is 22.5 Å². The zero-order chi connectivity index (χ0) is 23.4. The lowest BCUT2D eigenvalue weighted by Gasteiger charge is -2.18. The average Bonchev–Trinajstić information content (AvgIpc) is 3.13. The van der Waals surface area contributed by atoms with Gasteiger partial charge in [0.2, 0.25) is 5.91 Å². The van der Waals surface area contributed by atoms with Crippen LogP contribution < -0.4 is 10.2 Å². The summed E-state index contributed by atoms with van der Waals surface area (Å²) in [5, 5.41) is 12.4. The summed E-state index contributed by atoms with van der Waals surface area (Å²) in [6.07, 6.45) is 0.342. The highest BCUT2D eigenvalue weighted by molar-refractivity contribution is 8.05. The molecule has 1 atom stereocenters. The second-order valence-electron chi connectivity index (χ2n) is 7.51. The number of halogens is 1. The summed E-state index contributed by atoms with van der Waals surface area (Å²) >= 11 is 1.18. The highest BCUT2D eigenvalue weighted by Crippen LogP contribution is 2.42. The molecule has 1 fully saturated rings. The van der Waals surface area contributed by atoms with Crippen LogP contribution in [0, 0.1) is 24.1 Å². The Kier molecular flexibility index (Phi) is 6.57. The molecule has 33 heavy (non-hydrogen) atoms. The smallest absolute Gasteiger partial charge is 0.269 e. The Balaban J connectivity index is 1.72. The molecule has 0 saturated carbocycles. The Labute approximate surface area is 195 Å². The number of nitriles is 1. The van der Waals surface area contributed by atoms with Crippen molar-refractivity contribution >= 4 is 35.0 Å². The highest BCUT2D eigenvalue weighted by atomic mass is 32.2. The van der Waals surface area contributed by atoms with Gasteiger partial charge in [0.25, 0.3) is 5.91 Å². The zero-order valence-electron chi connectivity index (χ0n) is 17.8. The van der Waals surface area contributed by atoms with E-state index < -0.39 is 11.2 Å². The van der Waals surface area contributed by atoms with Crippen LogP contribution in [0.3, 0.4) is 0 Å². The lowest BCUT2D eigenvalue weighted by atomic mass is 10.1. The number of para-hydroxylation sites is 2. The van der Waals surface area contributed by atoms with Gasteiger partial charge in [-0.3, -0.25) is 14.5 Å². The van der Waals surface area contributed by atoms with Crippen LogP contribution >= 0.6 is 11.8 Å². The third kappa shape index (κ3) is 4.81. The van der Waals surface area contributed by atoms with Crippen molar-refractivity contribution in [2.24, 2.45) is 0 Å². The average molecular weight is 458 g/mol. The minimum absolute atomic E-state index is 0.137. The number of carbonyl (C=O) groups excluding carboxylic acids is 2. The molecular weight excluding hydrogens is 437 g/mol. The van der Waals surface area contributed by atoms with Crippen molar-refractivity contribution in [2.75, 3.05) is 10.2 Å². The summed E-state index contributed by atoms with van der Waals surface area (Å²) in [5.74, 6) is -1.16. The minimum atomic E-state index is -0.578. The van der Waals surface area contributed by atoms with E-state index in [1.807, 2.05) is 31.2 Å². The van der Waals surface area contributed by atoms with Crippen LogP contribution in [0.25, 0.3) is 0 Å². The van der Waals surface area contributed by atoms with Crippen LogP contribution in [0.15, 0.2) is 89.5 Å². The molecule has 7 heteroatoms. The number of nitrogens with zero attached hydrogens (tertiary/aromatic N) is 2. The van der Waals surface area contributed by atoms with Crippen molar-refractivity contribution in [3.05, 3.63) is 106 Å². The number of aryl methyl sites for hydroxylation is 1. The molecule has 164 valence electrons. The molecule has 3 aromatic rings. The predicted molar refractivity (Wildman–Crippen MR) is 128 cm³/mol. The van der Waals surface area contributed by atoms with E-state index in [9.17, 15) is 19.2 Å². The molecule has 0 aromatic heterocycles. The molecule has 1 aliphatic rings. The maximum atomic E-state index is 13.4. The topological polar surface area (TPSA) is 73.2 Å². The van der Waals surface area contributed by atoms with Crippen molar-refractivity contribution < 1.29 is 14.0 Å². The van der Waals surface area contributed by atoms with Gasteiger partial charge < -0.3 is 5.32 Å². The minimum Gasteiger partial charge on any atom is -0.321 e. The quantitative estimate of drug-likeness (QED) is 0.422. The molecule has 0 bridgehead atoms. The van der Waals surface area contributed by atoms with Gasteiger partial charge >= 0.3 is 0 Å². The van der Waals surface area contributed by atoms with E-state index in [0.29, 0.717) is 17.8 Å². The summed E-state index contributed by atoms with van der Waals surface area (Å²) < 4.78 is 13.3. The van der Waals surface area contributed by atoms with E-state index in [0.717, 1.165) is 11.1 Å². The van der Waals surface area contributed by atoms with E-state index in [1.54, 1.807) is 48.5 Å². The Hall–Kier alpha value is -3.89. The SMILES string of the molecule is Cc1ccccc1NC(=O)/C(C#N)=C1\S[C@@H](Cc2ccc(F)cc2)C(=O)N1c1ccccc1. The first-order valence-electron chi connectivity index (χ1n) is 10.3.